The minimum absolute atomic E-state index is 0.130. The van der Waals surface area contributed by atoms with Crippen molar-refractivity contribution in [1.82, 2.24) is 19.5 Å². The highest BCUT2D eigenvalue weighted by Crippen LogP contribution is 2.29. The van der Waals surface area contributed by atoms with Gasteiger partial charge >= 0.3 is 0 Å². The van der Waals surface area contributed by atoms with Crippen molar-refractivity contribution in [2.45, 2.75) is 25.8 Å². The quantitative estimate of drug-likeness (QED) is 0.736. The standard InChI is InChI=1S/C14H20ClN5O3S/c1-2-23-12-11(15)5-8-20-13(12)17-14(18-20)16-10-3-6-19(7-4-10)9-24(21)22/h5,8,10,24H,2-4,6-7,9H2,1H3,(H,16,18). The molecule has 0 aliphatic carbocycles. The van der Waals surface area contributed by atoms with Crippen LogP contribution in [0.25, 0.3) is 5.65 Å². The Bertz CT molecular complexity index is 778. The van der Waals surface area contributed by atoms with Crippen LogP contribution in [0.2, 0.25) is 5.02 Å². The third kappa shape index (κ3) is 3.90. The van der Waals surface area contributed by atoms with Crippen molar-refractivity contribution in [1.29, 1.82) is 0 Å². The van der Waals surface area contributed by atoms with Crippen molar-refractivity contribution in [2.75, 3.05) is 30.9 Å². The number of nitrogens with zero attached hydrogens (tertiary/aromatic N) is 4. The van der Waals surface area contributed by atoms with Gasteiger partial charge in [0, 0.05) is 25.3 Å². The highest BCUT2D eigenvalue weighted by atomic mass is 35.5. The number of anilines is 1. The summed E-state index contributed by atoms with van der Waals surface area (Å²) in [4.78, 5) is 6.41. The Kier molecular flexibility index (Phi) is 5.42. The van der Waals surface area contributed by atoms with E-state index < -0.39 is 10.7 Å². The number of likely N-dealkylation sites (tertiary alicyclic amines) is 1. The lowest BCUT2D eigenvalue weighted by Crippen LogP contribution is -2.40. The van der Waals surface area contributed by atoms with Crippen molar-refractivity contribution in [3.05, 3.63) is 17.3 Å². The lowest BCUT2D eigenvalue weighted by Gasteiger charge is -2.30. The summed E-state index contributed by atoms with van der Waals surface area (Å²) in [7, 11) is -2.36. The molecule has 0 spiro atoms. The molecule has 1 aliphatic heterocycles. The van der Waals surface area contributed by atoms with Crippen LogP contribution in [0, 0.1) is 0 Å². The molecule has 8 nitrogen and oxygen atoms in total. The molecular formula is C14H20ClN5O3S. The zero-order valence-electron chi connectivity index (χ0n) is 13.3. The normalized spacial score (nSPS) is 16.8. The van der Waals surface area contributed by atoms with E-state index in [0.717, 1.165) is 25.9 Å². The number of piperidine rings is 1. The highest BCUT2D eigenvalue weighted by molar-refractivity contribution is 7.72. The molecule has 24 heavy (non-hydrogen) atoms. The number of pyridine rings is 1. The fourth-order valence-electron chi connectivity index (χ4n) is 2.80. The summed E-state index contributed by atoms with van der Waals surface area (Å²) in [5.41, 5.74) is 0.577. The fraction of sp³-hybridized carbons (Fsp3) is 0.571. The van der Waals surface area contributed by atoms with E-state index in [1.165, 1.54) is 0 Å². The molecule has 0 unspecified atom stereocenters. The minimum Gasteiger partial charge on any atom is -0.488 e. The average Bonchev–Trinajstić information content (AvgIpc) is 2.94. The SMILES string of the molecule is CCOc1c(Cl)ccn2nc(NC3CCN(C[SH](=O)=O)CC3)nc12. The van der Waals surface area contributed by atoms with E-state index in [1.54, 1.807) is 16.8 Å². The van der Waals surface area contributed by atoms with Crippen LogP contribution in [0.1, 0.15) is 19.8 Å². The molecule has 1 N–H and O–H groups in total. The van der Waals surface area contributed by atoms with Crippen LogP contribution < -0.4 is 10.1 Å². The number of ether oxygens (including phenoxy) is 1. The maximum absolute atomic E-state index is 10.8. The molecule has 10 heteroatoms. The zero-order valence-corrected chi connectivity index (χ0v) is 15.0. The van der Waals surface area contributed by atoms with Crippen LogP contribution in [-0.2, 0) is 10.7 Å². The molecule has 2 aromatic heterocycles. The molecule has 0 radical (unpaired) electrons. The van der Waals surface area contributed by atoms with Gasteiger partial charge in [0.2, 0.25) is 11.6 Å². The Hall–Kier alpha value is -1.58. The van der Waals surface area contributed by atoms with E-state index in [9.17, 15) is 8.42 Å². The van der Waals surface area contributed by atoms with E-state index >= 15 is 0 Å². The van der Waals surface area contributed by atoms with Gasteiger partial charge in [-0.05, 0) is 25.8 Å². The second kappa shape index (κ2) is 7.54. The Morgan fingerprint density at radius 2 is 2.17 bits per heavy atom. The van der Waals surface area contributed by atoms with E-state index in [0.29, 0.717) is 29.0 Å². The van der Waals surface area contributed by atoms with Gasteiger partial charge in [0.05, 0.1) is 17.5 Å². The van der Waals surface area contributed by atoms with Gasteiger partial charge in [-0.25, -0.2) is 12.9 Å². The maximum Gasteiger partial charge on any atom is 0.243 e. The van der Waals surface area contributed by atoms with E-state index in [2.05, 4.69) is 15.4 Å². The molecule has 0 bridgehead atoms. The van der Waals surface area contributed by atoms with Crippen LogP contribution in [0.5, 0.6) is 5.75 Å². The van der Waals surface area contributed by atoms with Crippen LogP contribution in [0.4, 0.5) is 5.95 Å². The first-order valence-corrected chi connectivity index (χ1v) is 9.59. The van der Waals surface area contributed by atoms with Crippen molar-refractivity contribution >= 4 is 33.9 Å². The molecule has 0 atom stereocenters. The third-order valence-corrected chi connectivity index (χ3v) is 4.87. The van der Waals surface area contributed by atoms with Gasteiger partial charge in [-0.15, -0.1) is 5.10 Å². The molecule has 1 fully saturated rings. The van der Waals surface area contributed by atoms with Gasteiger partial charge in [0.1, 0.15) is 0 Å². The number of hydrogen-bond acceptors (Lipinski definition) is 7. The van der Waals surface area contributed by atoms with Crippen LogP contribution in [-0.4, -0.2) is 59.5 Å². The summed E-state index contributed by atoms with van der Waals surface area (Å²) in [5, 5.41) is 8.22. The number of halogens is 1. The lowest BCUT2D eigenvalue weighted by molar-refractivity contribution is 0.250. The first-order chi connectivity index (χ1) is 11.6. The van der Waals surface area contributed by atoms with Crippen molar-refractivity contribution < 1.29 is 13.2 Å². The molecule has 0 saturated carbocycles. The molecule has 1 aliphatic rings. The van der Waals surface area contributed by atoms with Crippen molar-refractivity contribution in [3.63, 3.8) is 0 Å². The molecule has 132 valence electrons. The van der Waals surface area contributed by atoms with Crippen LogP contribution in [0.15, 0.2) is 12.3 Å². The first-order valence-electron chi connectivity index (χ1n) is 7.85. The fourth-order valence-corrected chi connectivity index (χ4v) is 3.61. The number of thiol groups is 1. The Morgan fingerprint density at radius 1 is 1.42 bits per heavy atom. The van der Waals surface area contributed by atoms with Gasteiger partial charge in [0.15, 0.2) is 16.5 Å². The minimum atomic E-state index is -2.36. The van der Waals surface area contributed by atoms with Gasteiger partial charge in [0.25, 0.3) is 0 Å². The van der Waals surface area contributed by atoms with E-state index in [1.807, 2.05) is 11.8 Å². The molecule has 2 aromatic rings. The number of hydrogen-bond donors (Lipinski definition) is 2. The number of fused-ring (bicyclic) bond motifs is 1. The summed E-state index contributed by atoms with van der Waals surface area (Å²) < 4.78 is 28.8. The van der Waals surface area contributed by atoms with Gasteiger partial charge in [-0.2, -0.15) is 4.98 Å². The Labute approximate surface area is 146 Å². The lowest BCUT2D eigenvalue weighted by atomic mass is 10.1. The topological polar surface area (TPSA) is 88.8 Å². The predicted octanol–water partition coefficient (Wildman–Crippen LogP) is 1.23. The van der Waals surface area contributed by atoms with Crippen molar-refractivity contribution in [2.24, 2.45) is 0 Å². The van der Waals surface area contributed by atoms with Crippen LogP contribution >= 0.6 is 11.6 Å². The van der Waals surface area contributed by atoms with Gasteiger partial charge < -0.3 is 10.1 Å². The smallest absolute Gasteiger partial charge is 0.243 e. The van der Waals surface area contributed by atoms with Crippen LogP contribution in [0.3, 0.4) is 0 Å². The molecule has 0 amide bonds. The zero-order chi connectivity index (χ0) is 17.1. The Balaban J connectivity index is 1.69. The highest BCUT2D eigenvalue weighted by Gasteiger charge is 2.21. The third-order valence-electron chi connectivity index (χ3n) is 3.94. The summed E-state index contributed by atoms with van der Waals surface area (Å²) in [6.07, 6.45) is 3.43. The molecule has 3 heterocycles. The predicted molar refractivity (Wildman–Crippen MR) is 92.6 cm³/mol. The molecule has 0 aromatic carbocycles. The summed E-state index contributed by atoms with van der Waals surface area (Å²) in [6, 6.07) is 1.94. The van der Waals surface area contributed by atoms with Gasteiger partial charge in [-0.1, -0.05) is 11.6 Å². The number of nitrogens with one attached hydrogen (secondary N) is 1. The van der Waals surface area contributed by atoms with Crippen molar-refractivity contribution in [3.8, 4) is 5.75 Å². The number of rotatable bonds is 6. The van der Waals surface area contributed by atoms with E-state index in [-0.39, 0.29) is 11.9 Å². The number of aromatic nitrogens is 3. The van der Waals surface area contributed by atoms with Gasteiger partial charge in [-0.3, -0.25) is 4.90 Å². The summed E-state index contributed by atoms with van der Waals surface area (Å²) in [5.74, 6) is 1.17. The average molecular weight is 374 g/mol. The Morgan fingerprint density at radius 3 is 2.83 bits per heavy atom. The maximum atomic E-state index is 10.8. The monoisotopic (exact) mass is 373 g/mol. The molecule has 1 saturated heterocycles. The second-order valence-electron chi connectivity index (χ2n) is 5.64. The van der Waals surface area contributed by atoms with E-state index in [4.69, 9.17) is 16.3 Å². The summed E-state index contributed by atoms with van der Waals surface area (Å²) >= 11 is 6.16. The largest absolute Gasteiger partial charge is 0.488 e. The second-order valence-corrected chi connectivity index (χ2v) is 7.00. The first kappa shape index (κ1) is 17.2. The molecule has 3 rings (SSSR count). The summed E-state index contributed by atoms with van der Waals surface area (Å²) in [6.45, 7) is 3.86. The molecular weight excluding hydrogens is 354 g/mol.